The molecule has 4 heteroatoms. The van der Waals surface area contributed by atoms with Crippen molar-refractivity contribution in [1.82, 2.24) is 5.32 Å². The van der Waals surface area contributed by atoms with E-state index >= 15 is 0 Å². The Balaban J connectivity index is 2.81. The van der Waals surface area contributed by atoms with E-state index in [0.29, 0.717) is 6.42 Å². The lowest BCUT2D eigenvalue weighted by Crippen LogP contribution is -2.43. The van der Waals surface area contributed by atoms with Gasteiger partial charge in [0.05, 0.1) is 5.60 Å². The molecule has 4 nitrogen and oxygen atoms in total. The third kappa shape index (κ3) is 6.25. The Bertz CT molecular complexity index is 442. The molecule has 3 N–H and O–H groups in total. The molecule has 0 radical (unpaired) electrons. The molecule has 1 rings (SSSR count). The van der Waals surface area contributed by atoms with E-state index in [9.17, 15) is 9.90 Å². The van der Waals surface area contributed by atoms with Gasteiger partial charge >= 0.3 is 6.03 Å². The molecule has 0 saturated carbocycles. The second-order valence-electron chi connectivity index (χ2n) is 6.48. The van der Waals surface area contributed by atoms with Crippen molar-refractivity contribution in [2.24, 2.45) is 0 Å². The average molecular weight is 264 g/mol. The van der Waals surface area contributed by atoms with Crippen LogP contribution in [0.25, 0.3) is 0 Å². The van der Waals surface area contributed by atoms with E-state index in [2.05, 4.69) is 10.6 Å². The van der Waals surface area contributed by atoms with Crippen molar-refractivity contribution in [3.8, 4) is 0 Å². The Kier molecular flexibility index (Phi) is 4.58. The number of urea groups is 1. The van der Waals surface area contributed by atoms with Crippen LogP contribution >= 0.6 is 0 Å². The van der Waals surface area contributed by atoms with E-state index < -0.39 is 5.60 Å². The zero-order chi connectivity index (χ0) is 14.7. The predicted octanol–water partition coefficient (Wildman–Crippen LogP) is 2.92. The van der Waals surface area contributed by atoms with Crippen LogP contribution in [0.15, 0.2) is 24.3 Å². The summed E-state index contributed by atoms with van der Waals surface area (Å²) in [6.45, 7) is 9.28. The van der Waals surface area contributed by atoms with Crippen LogP contribution < -0.4 is 10.6 Å². The van der Waals surface area contributed by atoms with Crippen molar-refractivity contribution >= 4 is 11.7 Å². The van der Waals surface area contributed by atoms with Crippen LogP contribution in [0, 0.1) is 0 Å². The van der Waals surface area contributed by atoms with Gasteiger partial charge in [0.15, 0.2) is 0 Å². The average Bonchev–Trinajstić information content (AvgIpc) is 2.15. The predicted molar refractivity (Wildman–Crippen MR) is 78.4 cm³/mol. The van der Waals surface area contributed by atoms with Crippen molar-refractivity contribution in [2.45, 2.75) is 52.2 Å². The molecule has 1 aromatic carbocycles. The lowest BCUT2D eigenvalue weighted by molar-refractivity contribution is 0.0811. The van der Waals surface area contributed by atoms with E-state index in [4.69, 9.17) is 0 Å². The second-order valence-corrected chi connectivity index (χ2v) is 6.48. The molecule has 19 heavy (non-hydrogen) atoms. The van der Waals surface area contributed by atoms with Crippen molar-refractivity contribution in [3.05, 3.63) is 29.8 Å². The standard InChI is InChI=1S/C15H24N2O2/c1-14(2,3)17-13(18)16-12-9-7-6-8-11(12)10-15(4,5)19/h6-9,19H,10H2,1-5H3,(H2,16,17,18). The highest BCUT2D eigenvalue weighted by molar-refractivity contribution is 5.90. The molecule has 0 spiro atoms. The van der Waals surface area contributed by atoms with Gasteiger partial charge in [-0.2, -0.15) is 0 Å². The Morgan fingerprint density at radius 3 is 2.26 bits per heavy atom. The highest BCUT2D eigenvalue weighted by Crippen LogP contribution is 2.20. The van der Waals surface area contributed by atoms with Crippen molar-refractivity contribution < 1.29 is 9.90 Å². The third-order valence-corrected chi connectivity index (χ3v) is 2.38. The van der Waals surface area contributed by atoms with Crippen molar-refractivity contribution in [3.63, 3.8) is 0 Å². The molecule has 0 aliphatic rings. The minimum atomic E-state index is -0.807. The number of aliphatic hydroxyl groups is 1. The quantitative estimate of drug-likeness (QED) is 0.786. The first-order valence-corrected chi connectivity index (χ1v) is 6.46. The maximum absolute atomic E-state index is 11.9. The Hall–Kier alpha value is -1.55. The van der Waals surface area contributed by atoms with Crippen LogP contribution in [0.3, 0.4) is 0 Å². The van der Waals surface area contributed by atoms with Gasteiger partial charge in [-0.1, -0.05) is 18.2 Å². The third-order valence-electron chi connectivity index (χ3n) is 2.38. The molecule has 0 aliphatic heterocycles. The van der Waals surface area contributed by atoms with Crippen LogP contribution in [0.4, 0.5) is 10.5 Å². The van der Waals surface area contributed by atoms with Crippen LogP contribution in [-0.2, 0) is 6.42 Å². The summed E-state index contributed by atoms with van der Waals surface area (Å²) in [5, 5.41) is 15.6. The lowest BCUT2D eigenvalue weighted by Gasteiger charge is -2.23. The van der Waals surface area contributed by atoms with Crippen LogP contribution in [0.1, 0.15) is 40.2 Å². The first-order chi connectivity index (χ1) is 8.57. The van der Waals surface area contributed by atoms with E-state index in [1.165, 1.54) is 0 Å². The number of hydrogen-bond donors (Lipinski definition) is 3. The second kappa shape index (κ2) is 5.61. The van der Waals surface area contributed by atoms with Crippen LogP contribution in [0.5, 0.6) is 0 Å². The summed E-state index contributed by atoms with van der Waals surface area (Å²) in [5.41, 5.74) is 0.554. The summed E-state index contributed by atoms with van der Waals surface area (Å²) < 4.78 is 0. The summed E-state index contributed by atoms with van der Waals surface area (Å²) in [7, 11) is 0. The van der Waals surface area contributed by atoms with E-state index in [1.807, 2.05) is 45.0 Å². The zero-order valence-electron chi connectivity index (χ0n) is 12.4. The molecule has 0 aromatic heterocycles. The monoisotopic (exact) mass is 264 g/mol. The summed E-state index contributed by atoms with van der Waals surface area (Å²) in [6.07, 6.45) is 0.485. The van der Waals surface area contributed by atoms with Crippen molar-refractivity contribution in [1.29, 1.82) is 0 Å². The summed E-state index contributed by atoms with van der Waals surface area (Å²) >= 11 is 0. The highest BCUT2D eigenvalue weighted by Gasteiger charge is 2.18. The lowest BCUT2D eigenvalue weighted by atomic mass is 9.97. The first-order valence-electron chi connectivity index (χ1n) is 6.46. The molecule has 0 atom stereocenters. The Morgan fingerprint density at radius 2 is 1.74 bits per heavy atom. The number of anilines is 1. The SMILES string of the molecule is CC(C)(O)Cc1ccccc1NC(=O)NC(C)(C)C. The number of nitrogens with one attached hydrogen (secondary N) is 2. The van der Waals surface area contributed by atoms with E-state index in [0.717, 1.165) is 11.3 Å². The van der Waals surface area contributed by atoms with Gasteiger partial charge in [0, 0.05) is 17.6 Å². The van der Waals surface area contributed by atoms with Gasteiger partial charge in [0.25, 0.3) is 0 Å². The van der Waals surface area contributed by atoms with Crippen LogP contribution in [-0.4, -0.2) is 22.3 Å². The van der Waals surface area contributed by atoms with Gasteiger partial charge in [-0.15, -0.1) is 0 Å². The van der Waals surface area contributed by atoms with Gasteiger partial charge in [-0.05, 0) is 46.2 Å². The Labute approximate surface area is 115 Å². The number of benzene rings is 1. The number of hydrogen-bond acceptors (Lipinski definition) is 2. The minimum absolute atomic E-state index is 0.240. The maximum Gasteiger partial charge on any atom is 0.319 e. The molecule has 0 fully saturated rings. The maximum atomic E-state index is 11.9. The fourth-order valence-electron chi connectivity index (χ4n) is 1.76. The molecule has 0 heterocycles. The van der Waals surface area contributed by atoms with Gasteiger partial charge < -0.3 is 15.7 Å². The topological polar surface area (TPSA) is 61.4 Å². The minimum Gasteiger partial charge on any atom is -0.390 e. The van der Waals surface area contributed by atoms with Crippen LogP contribution in [0.2, 0.25) is 0 Å². The molecule has 0 aliphatic carbocycles. The molecular weight excluding hydrogens is 240 g/mol. The summed E-state index contributed by atoms with van der Waals surface area (Å²) in [4.78, 5) is 11.9. The molecule has 0 saturated heterocycles. The summed E-state index contributed by atoms with van der Waals surface area (Å²) in [6, 6.07) is 7.26. The van der Waals surface area contributed by atoms with Gasteiger partial charge in [0.1, 0.15) is 0 Å². The number of amides is 2. The normalized spacial score (nSPS) is 12.1. The first kappa shape index (κ1) is 15.5. The smallest absolute Gasteiger partial charge is 0.319 e. The Morgan fingerprint density at radius 1 is 1.16 bits per heavy atom. The fourth-order valence-corrected chi connectivity index (χ4v) is 1.76. The molecule has 1 aromatic rings. The molecule has 0 unspecified atom stereocenters. The largest absolute Gasteiger partial charge is 0.390 e. The van der Waals surface area contributed by atoms with Gasteiger partial charge in [-0.3, -0.25) is 0 Å². The summed E-state index contributed by atoms with van der Waals surface area (Å²) in [5.74, 6) is 0. The highest BCUT2D eigenvalue weighted by atomic mass is 16.3. The number of carbonyl (C=O) groups is 1. The number of carbonyl (C=O) groups excluding carboxylic acids is 1. The molecule has 106 valence electrons. The zero-order valence-corrected chi connectivity index (χ0v) is 12.4. The molecular formula is C15H24N2O2. The fraction of sp³-hybridized carbons (Fsp3) is 0.533. The molecule has 2 amide bonds. The number of para-hydroxylation sites is 1. The van der Waals surface area contributed by atoms with Crippen molar-refractivity contribution in [2.75, 3.05) is 5.32 Å². The van der Waals surface area contributed by atoms with Gasteiger partial charge in [-0.25, -0.2) is 4.79 Å². The van der Waals surface area contributed by atoms with E-state index in [-0.39, 0.29) is 11.6 Å². The van der Waals surface area contributed by atoms with E-state index in [1.54, 1.807) is 13.8 Å². The molecule has 0 bridgehead atoms. The number of rotatable bonds is 3. The van der Waals surface area contributed by atoms with Gasteiger partial charge in [0.2, 0.25) is 0 Å².